The Hall–Kier alpha value is -2.03. The van der Waals surface area contributed by atoms with Crippen LogP contribution in [0.5, 0.6) is 11.5 Å². The van der Waals surface area contributed by atoms with Crippen LogP contribution in [0.15, 0.2) is 42.6 Å². The minimum absolute atomic E-state index is 0.171. The van der Waals surface area contributed by atoms with Crippen molar-refractivity contribution in [1.82, 2.24) is 4.98 Å². The Bertz CT molecular complexity index is 466. The third-order valence-electron chi connectivity index (χ3n) is 2.19. The van der Waals surface area contributed by atoms with Gasteiger partial charge in [0.05, 0.1) is 18.5 Å². The van der Waals surface area contributed by atoms with Crippen molar-refractivity contribution >= 4 is 0 Å². The highest BCUT2D eigenvalue weighted by Crippen LogP contribution is 2.23. The third kappa shape index (κ3) is 2.31. The van der Waals surface area contributed by atoms with Crippen LogP contribution >= 0.6 is 0 Å². The first kappa shape index (κ1) is 10.5. The van der Waals surface area contributed by atoms with Crippen LogP contribution in [-0.2, 0) is 0 Å². The molecule has 0 aliphatic carbocycles. The number of ether oxygens (including phenoxy) is 1. The molecule has 0 unspecified atom stereocenters. The lowest BCUT2D eigenvalue weighted by atomic mass is 10.1. The predicted molar refractivity (Wildman–Crippen MR) is 62.5 cm³/mol. The van der Waals surface area contributed by atoms with Gasteiger partial charge in [0, 0.05) is 5.56 Å². The van der Waals surface area contributed by atoms with Crippen molar-refractivity contribution < 1.29 is 9.84 Å². The Labute approximate surface area is 94.3 Å². The molecule has 1 aromatic heterocycles. The quantitative estimate of drug-likeness (QED) is 0.856. The van der Waals surface area contributed by atoms with Crippen molar-refractivity contribution in [2.75, 3.05) is 6.61 Å². The summed E-state index contributed by atoms with van der Waals surface area (Å²) in [7, 11) is 0. The number of pyridine rings is 1. The zero-order valence-corrected chi connectivity index (χ0v) is 9.05. The second kappa shape index (κ2) is 4.66. The second-order valence-electron chi connectivity index (χ2n) is 3.36. The molecule has 0 radical (unpaired) electrons. The highest BCUT2D eigenvalue weighted by molar-refractivity contribution is 5.61. The fourth-order valence-electron chi connectivity index (χ4n) is 1.47. The first-order chi connectivity index (χ1) is 7.79. The lowest BCUT2D eigenvalue weighted by molar-refractivity contribution is 0.340. The minimum Gasteiger partial charge on any atom is -0.506 e. The van der Waals surface area contributed by atoms with E-state index < -0.39 is 0 Å². The Balaban J connectivity index is 2.32. The summed E-state index contributed by atoms with van der Waals surface area (Å²) in [6.07, 6.45) is 1.43. The smallest absolute Gasteiger partial charge is 0.133 e. The molecular formula is C13H13NO2. The van der Waals surface area contributed by atoms with E-state index in [4.69, 9.17) is 9.84 Å². The van der Waals surface area contributed by atoms with Crippen molar-refractivity contribution in [1.29, 1.82) is 0 Å². The highest BCUT2D eigenvalue weighted by Gasteiger charge is 2.01. The van der Waals surface area contributed by atoms with Gasteiger partial charge in [-0.05, 0) is 31.2 Å². The van der Waals surface area contributed by atoms with Gasteiger partial charge >= 0.3 is 0 Å². The monoisotopic (exact) mass is 215 g/mol. The molecule has 0 spiro atoms. The molecule has 82 valence electrons. The Morgan fingerprint density at radius 3 is 2.81 bits per heavy atom. The minimum atomic E-state index is 0.171. The average molecular weight is 215 g/mol. The van der Waals surface area contributed by atoms with Gasteiger partial charge in [-0.2, -0.15) is 0 Å². The molecule has 0 fully saturated rings. The van der Waals surface area contributed by atoms with Gasteiger partial charge in [0.1, 0.15) is 11.5 Å². The van der Waals surface area contributed by atoms with Gasteiger partial charge in [0.15, 0.2) is 0 Å². The van der Waals surface area contributed by atoms with E-state index in [2.05, 4.69) is 4.98 Å². The SMILES string of the molecule is CCOc1cccc(-c2ccc(O)cn2)c1. The van der Waals surface area contributed by atoms with E-state index >= 15 is 0 Å². The molecule has 0 bridgehead atoms. The van der Waals surface area contributed by atoms with Gasteiger partial charge in [0.25, 0.3) is 0 Å². The molecule has 0 aliphatic heterocycles. The highest BCUT2D eigenvalue weighted by atomic mass is 16.5. The van der Waals surface area contributed by atoms with E-state index in [0.717, 1.165) is 17.0 Å². The van der Waals surface area contributed by atoms with E-state index in [1.807, 2.05) is 31.2 Å². The van der Waals surface area contributed by atoms with Crippen LogP contribution in [-0.4, -0.2) is 16.7 Å². The normalized spacial score (nSPS) is 10.1. The van der Waals surface area contributed by atoms with E-state index in [1.165, 1.54) is 6.20 Å². The standard InChI is InChI=1S/C13H13NO2/c1-2-16-12-5-3-4-10(8-12)13-7-6-11(15)9-14-13/h3-9,15H,2H2,1H3. The number of hydrogen-bond acceptors (Lipinski definition) is 3. The maximum absolute atomic E-state index is 9.16. The molecule has 3 nitrogen and oxygen atoms in total. The summed E-state index contributed by atoms with van der Waals surface area (Å²) >= 11 is 0. The predicted octanol–water partition coefficient (Wildman–Crippen LogP) is 2.85. The van der Waals surface area contributed by atoms with Gasteiger partial charge in [-0.25, -0.2) is 0 Å². The molecule has 0 aliphatic rings. The molecule has 2 rings (SSSR count). The molecule has 0 amide bonds. The van der Waals surface area contributed by atoms with Crippen LogP contribution in [0.2, 0.25) is 0 Å². The van der Waals surface area contributed by atoms with E-state index in [0.29, 0.717) is 6.61 Å². The Morgan fingerprint density at radius 1 is 1.25 bits per heavy atom. The zero-order chi connectivity index (χ0) is 11.4. The third-order valence-corrected chi connectivity index (χ3v) is 2.19. The average Bonchev–Trinajstić information content (AvgIpc) is 2.31. The van der Waals surface area contributed by atoms with Gasteiger partial charge in [0.2, 0.25) is 0 Å². The number of rotatable bonds is 3. The fraction of sp³-hybridized carbons (Fsp3) is 0.154. The summed E-state index contributed by atoms with van der Waals surface area (Å²) in [6.45, 7) is 2.60. The molecule has 1 heterocycles. The summed E-state index contributed by atoms with van der Waals surface area (Å²) in [4.78, 5) is 4.14. The van der Waals surface area contributed by atoms with E-state index in [1.54, 1.807) is 12.1 Å². The number of hydrogen-bond donors (Lipinski definition) is 1. The van der Waals surface area contributed by atoms with Crippen LogP contribution in [0.4, 0.5) is 0 Å². The Kier molecular flexibility index (Phi) is 3.05. The lowest BCUT2D eigenvalue weighted by Gasteiger charge is -2.05. The summed E-state index contributed by atoms with van der Waals surface area (Å²) in [6, 6.07) is 11.1. The van der Waals surface area contributed by atoms with Crippen molar-refractivity contribution in [2.45, 2.75) is 6.92 Å². The summed E-state index contributed by atoms with van der Waals surface area (Å²) in [5, 5.41) is 9.16. The van der Waals surface area contributed by atoms with Crippen LogP contribution in [0, 0.1) is 0 Å². The maximum atomic E-state index is 9.16. The fourth-order valence-corrected chi connectivity index (χ4v) is 1.47. The molecule has 2 aromatic rings. The second-order valence-corrected chi connectivity index (χ2v) is 3.36. The van der Waals surface area contributed by atoms with Gasteiger partial charge in [-0.1, -0.05) is 12.1 Å². The van der Waals surface area contributed by atoms with Crippen LogP contribution in [0.1, 0.15) is 6.92 Å². The molecule has 3 heteroatoms. The zero-order valence-electron chi connectivity index (χ0n) is 9.05. The van der Waals surface area contributed by atoms with Crippen LogP contribution in [0.3, 0.4) is 0 Å². The number of aromatic nitrogens is 1. The number of benzene rings is 1. The summed E-state index contributed by atoms with van der Waals surface area (Å²) in [5.74, 6) is 1.000. The topological polar surface area (TPSA) is 42.4 Å². The number of aromatic hydroxyl groups is 1. The van der Waals surface area contributed by atoms with E-state index in [-0.39, 0.29) is 5.75 Å². The van der Waals surface area contributed by atoms with Gasteiger partial charge < -0.3 is 9.84 Å². The molecule has 0 atom stereocenters. The first-order valence-electron chi connectivity index (χ1n) is 5.18. The van der Waals surface area contributed by atoms with Crippen LogP contribution in [0.25, 0.3) is 11.3 Å². The Morgan fingerprint density at radius 2 is 2.12 bits per heavy atom. The number of nitrogens with zero attached hydrogens (tertiary/aromatic N) is 1. The molecular weight excluding hydrogens is 202 g/mol. The molecule has 0 saturated carbocycles. The van der Waals surface area contributed by atoms with Crippen molar-refractivity contribution in [3.8, 4) is 22.8 Å². The molecule has 1 aromatic carbocycles. The van der Waals surface area contributed by atoms with Crippen LogP contribution < -0.4 is 4.74 Å². The van der Waals surface area contributed by atoms with E-state index in [9.17, 15) is 0 Å². The van der Waals surface area contributed by atoms with Crippen molar-refractivity contribution in [3.63, 3.8) is 0 Å². The summed E-state index contributed by atoms with van der Waals surface area (Å²) < 4.78 is 5.41. The lowest BCUT2D eigenvalue weighted by Crippen LogP contribution is -1.91. The van der Waals surface area contributed by atoms with Crippen molar-refractivity contribution in [3.05, 3.63) is 42.6 Å². The molecule has 16 heavy (non-hydrogen) atoms. The van der Waals surface area contributed by atoms with Gasteiger partial charge in [-0.15, -0.1) is 0 Å². The van der Waals surface area contributed by atoms with Gasteiger partial charge in [-0.3, -0.25) is 4.98 Å². The van der Waals surface area contributed by atoms with Crippen molar-refractivity contribution in [2.24, 2.45) is 0 Å². The first-order valence-corrected chi connectivity index (χ1v) is 5.18. The maximum Gasteiger partial charge on any atom is 0.133 e. The largest absolute Gasteiger partial charge is 0.506 e. The summed E-state index contributed by atoms with van der Waals surface area (Å²) in [5.41, 5.74) is 1.80. The molecule has 0 saturated heterocycles. The molecule has 1 N–H and O–H groups in total.